The molecule has 4 nitrogen and oxygen atoms in total. The number of benzene rings is 2. The van der Waals surface area contributed by atoms with Gasteiger partial charge in [-0.25, -0.2) is 4.79 Å². The fourth-order valence-corrected chi connectivity index (χ4v) is 4.67. The topological polar surface area (TPSA) is 57.6 Å². The first kappa shape index (κ1) is 19.0. The lowest BCUT2D eigenvalue weighted by Gasteiger charge is -2.32. The third-order valence-electron chi connectivity index (χ3n) is 6.09. The number of piperidine rings is 1. The Labute approximate surface area is 170 Å². The summed E-state index contributed by atoms with van der Waals surface area (Å²) in [5.74, 6) is 0.102. The molecule has 1 amide bonds. The van der Waals surface area contributed by atoms with E-state index in [-0.39, 0.29) is 17.7 Å². The Balaban J connectivity index is 1.32. The highest BCUT2D eigenvalue weighted by atomic mass is 35.5. The highest BCUT2D eigenvalue weighted by Gasteiger charge is 2.46. The highest BCUT2D eigenvalue weighted by molar-refractivity contribution is 6.31. The first-order chi connectivity index (χ1) is 13.5. The molecule has 1 aliphatic carbocycles. The first-order valence-electron chi connectivity index (χ1n) is 9.89. The molecule has 0 spiro atoms. The lowest BCUT2D eigenvalue weighted by molar-refractivity contribution is -0.134. The van der Waals surface area contributed by atoms with Crippen molar-refractivity contribution in [2.24, 2.45) is 11.8 Å². The monoisotopic (exact) mass is 397 g/mol. The molecule has 5 heteroatoms. The fourth-order valence-electron chi connectivity index (χ4n) is 4.40. The summed E-state index contributed by atoms with van der Waals surface area (Å²) < 4.78 is 0. The summed E-state index contributed by atoms with van der Waals surface area (Å²) in [4.78, 5) is 26.3. The Morgan fingerprint density at radius 3 is 2.43 bits per heavy atom. The molecule has 28 heavy (non-hydrogen) atoms. The number of aromatic carboxylic acids is 1. The number of carbonyl (C=O) groups excluding carboxylic acids is 1. The molecule has 1 N–H and O–H groups in total. The van der Waals surface area contributed by atoms with Gasteiger partial charge in [0.1, 0.15) is 0 Å². The van der Waals surface area contributed by atoms with Gasteiger partial charge in [0.2, 0.25) is 5.91 Å². The number of hydrogen-bond acceptors (Lipinski definition) is 2. The minimum atomic E-state index is -0.873. The van der Waals surface area contributed by atoms with Gasteiger partial charge in [0.25, 0.3) is 0 Å². The van der Waals surface area contributed by atoms with E-state index in [0.29, 0.717) is 11.5 Å². The van der Waals surface area contributed by atoms with E-state index in [1.54, 1.807) is 12.1 Å². The quantitative estimate of drug-likeness (QED) is 0.800. The number of carboxylic acids is 1. The SMILES string of the molecule is O=C(O)c1ccccc1CC1CCN(C(=O)C2CC2c2ccccc2Cl)CC1. The largest absolute Gasteiger partial charge is 0.478 e. The van der Waals surface area contributed by atoms with Crippen molar-refractivity contribution in [2.75, 3.05) is 13.1 Å². The van der Waals surface area contributed by atoms with Gasteiger partial charge in [-0.2, -0.15) is 0 Å². The van der Waals surface area contributed by atoms with Gasteiger partial charge >= 0.3 is 5.97 Å². The zero-order valence-corrected chi connectivity index (χ0v) is 16.4. The van der Waals surface area contributed by atoms with Crippen molar-refractivity contribution in [3.63, 3.8) is 0 Å². The number of amides is 1. The summed E-state index contributed by atoms with van der Waals surface area (Å²) in [7, 11) is 0. The van der Waals surface area contributed by atoms with E-state index >= 15 is 0 Å². The van der Waals surface area contributed by atoms with Crippen LogP contribution in [-0.4, -0.2) is 35.0 Å². The number of carboxylic acid groups (broad SMARTS) is 1. The molecule has 2 atom stereocenters. The van der Waals surface area contributed by atoms with Crippen LogP contribution >= 0.6 is 11.6 Å². The summed E-state index contributed by atoms with van der Waals surface area (Å²) in [6.07, 6.45) is 3.48. The van der Waals surface area contributed by atoms with Crippen molar-refractivity contribution in [2.45, 2.75) is 31.6 Å². The van der Waals surface area contributed by atoms with Gasteiger partial charge in [-0.1, -0.05) is 48.0 Å². The van der Waals surface area contributed by atoms with Crippen LogP contribution < -0.4 is 0 Å². The molecule has 2 fully saturated rings. The Morgan fingerprint density at radius 2 is 1.71 bits per heavy atom. The highest BCUT2D eigenvalue weighted by Crippen LogP contribution is 2.50. The maximum atomic E-state index is 12.9. The Bertz CT molecular complexity index is 889. The van der Waals surface area contributed by atoms with Crippen molar-refractivity contribution >= 4 is 23.5 Å². The molecule has 0 aromatic heterocycles. The van der Waals surface area contributed by atoms with E-state index < -0.39 is 5.97 Å². The lowest BCUT2D eigenvalue weighted by atomic mass is 9.88. The molecule has 4 rings (SSSR count). The molecule has 146 valence electrons. The maximum absolute atomic E-state index is 12.9. The molecule has 1 heterocycles. The molecular weight excluding hydrogens is 374 g/mol. The predicted octanol–water partition coefficient (Wildman–Crippen LogP) is 4.62. The number of likely N-dealkylation sites (tertiary alicyclic amines) is 1. The van der Waals surface area contributed by atoms with E-state index in [2.05, 4.69) is 0 Å². The van der Waals surface area contributed by atoms with Crippen LogP contribution in [-0.2, 0) is 11.2 Å². The fraction of sp³-hybridized carbons (Fsp3) is 0.391. The van der Waals surface area contributed by atoms with Crippen LogP contribution in [0.25, 0.3) is 0 Å². The van der Waals surface area contributed by atoms with Crippen LogP contribution in [0.5, 0.6) is 0 Å². The molecule has 1 saturated carbocycles. The number of carbonyl (C=O) groups is 2. The Hall–Kier alpha value is -2.33. The van der Waals surface area contributed by atoms with Crippen LogP contribution in [0.15, 0.2) is 48.5 Å². The van der Waals surface area contributed by atoms with Gasteiger partial charge in [-0.05, 0) is 60.8 Å². The van der Waals surface area contributed by atoms with Gasteiger partial charge in [0.05, 0.1) is 5.56 Å². The third-order valence-corrected chi connectivity index (χ3v) is 6.44. The predicted molar refractivity (Wildman–Crippen MR) is 109 cm³/mol. The molecule has 2 unspecified atom stereocenters. The standard InChI is InChI=1S/C23H24ClNO3/c24-21-8-4-3-7-18(21)19-14-20(19)22(26)25-11-9-15(10-12-25)13-16-5-1-2-6-17(16)23(27)28/h1-8,15,19-20H,9-14H2,(H,27,28). The van der Waals surface area contributed by atoms with Gasteiger partial charge in [0, 0.05) is 24.0 Å². The minimum absolute atomic E-state index is 0.0594. The Kier molecular flexibility index (Phi) is 5.40. The van der Waals surface area contributed by atoms with Crippen molar-refractivity contribution in [1.29, 1.82) is 0 Å². The number of nitrogens with zero attached hydrogens (tertiary/aromatic N) is 1. The number of hydrogen-bond donors (Lipinski definition) is 1. The van der Waals surface area contributed by atoms with Crippen LogP contribution in [0.3, 0.4) is 0 Å². The second-order valence-electron chi connectivity index (χ2n) is 7.91. The molecule has 2 aromatic rings. The molecule has 0 bridgehead atoms. The van der Waals surface area contributed by atoms with Crippen molar-refractivity contribution in [3.05, 3.63) is 70.2 Å². The zero-order valence-electron chi connectivity index (χ0n) is 15.7. The summed E-state index contributed by atoms with van der Waals surface area (Å²) >= 11 is 6.28. The second kappa shape index (κ2) is 7.96. The third kappa shape index (κ3) is 3.93. The van der Waals surface area contributed by atoms with E-state index in [1.165, 1.54) is 0 Å². The van der Waals surface area contributed by atoms with Crippen LogP contribution in [0.2, 0.25) is 5.02 Å². The summed E-state index contributed by atoms with van der Waals surface area (Å²) in [6.45, 7) is 1.51. The molecule has 2 aromatic carbocycles. The van der Waals surface area contributed by atoms with Crippen molar-refractivity contribution in [1.82, 2.24) is 4.90 Å². The van der Waals surface area contributed by atoms with Crippen LogP contribution in [0.1, 0.15) is 46.7 Å². The average molecular weight is 398 g/mol. The molecule has 2 aliphatic rings. The Morgan fingerprint density at radius 1 is 1.04 bits per heavy atom. The molecule has 1 aliphatic heterocycles. The van der Waals surface area contributed by atoms with Crippen LogP contribution in [0.4, 0.5) is 0 Å². The maximum Gasteiger partial charge on any atom is 0.335 e. The smallest absolute Gasteiger partial charge is 0.335 e. The zero-order chi connectivity index (χ0) is 19.7. The summed E-state index contributed by atoms with van der Waals surface area (Å²) in [5, 5.41) is 10.1. The first-order valence-corrected chi connectivity index (χ1v) is 10.3. The molecule has 1 saturated heterocycles. The van der Waals surface area contributed by atoms with E-state index in [9.17, 15) is 14.7 Å². The summed E-state index contributed by atoms with van der Waals surface area (Å²) in [6, 6.07) is 15.0. The van der Waals surface area contributed by atoms with E-state index in [4.69, 9.17) is 11.6 Å². The van der Waals surface area contributed by atoms with E-state index in [1.807, 2.05) is 41.3 Å². The van der Waals surface area contributed by atoms with Crippen molar-refractivity contribution in [3.8, 4) is 0 Å². The van der Waals surface area contributed by atoms with Gasteiger partial charge in [-0.15, -0.1) is 0 Å². The van der Waals surface area contributed by atoms with Crippen molar-refractivity contribution < 1.29 is 14.7 Å². The minimum Gasteiger partial charge on any atom is -0.478 e. The van der Waals surface area contributed by atoms with Gasteiger partial charge in [-0.3, -0.25) is 4.79 Å². The molecule has 0 radical (unpaired) electrons. The molecular formula is C23H24ClNO3. The normalized spacial score (nSPS) is 22.1. The number of rotatable bonds is 5. The number of halogens is 1. The average Bonchev–Trinajstić information content (AvgIpc) is 3.49. The van der Waals surface area contributed by atoms with E-state index in [0.717, 1.165) is 54.9 Å². The van der Waals surface area contributed by atoms with Gasteiger partial charge < -0.3 is 10.0 Å². The lowest BCUT2D eigenvalue weighted by Crippen LogP contribution is -2.40. The summed E-state index contributed by atoms with van der Waals surface area (Å²) in [5.41, 5.74) is 2.37. The second-order valence-corrected chi connectivity index (χ2v) is 8.31. The van der Waals surface area contributed by atoms with Crippen LogP contribution in [0, 0.1) is 11.8 Å². The van der Waals surface area contributed by atoms with Gasteiger partial charge in [0.15, 0.2) is 0 Å².